The van der Waals surface area contributed by atoms with Crippen LogP contribution in [0.1, 0.15) is 45.4 Å². The van der Waals surface area contributed by atoms with Crippen LogP contribution in [-0.4, -0.2) is 53.8 Å². The SMILES string of the molecule is CC1CC(C(=O)O)CN(C(=O)NC2C3CCOC3C23CCCC3)C1. The van der Waals surface area contributed by atoms with Crippen LogP contribution in [0.4, 0.5) is 4.79 Å². The summed E-state index contributed by atoms with van der Waals surface area (Å²) in [6.07, 6.45) is 6.76. The molecular formula is C18H28N2O4. The van der Waals surface area contributed by atoms with Gasteiger partial charge in [-0.2, -0.15) is 0 Å². The molecule has 6 heteroatoms. The Hall–Kier alpha value is -1.30. The topological polar surface area (TPSA) is 78.9 Å². The van der Waals surface area contributed by atoms with Gasteiger partial charge in [0.25, 0.3) is 0 Å². The molecule has 2 aliphatic carbocycles. The third kappa shape index (κ3) is 2.41. The molecule has 5 unspecified atom stereocenters. The average Bonchev–Trinajstić information content (AvgIpc) is 3.20. The second kappa shape index (κ2) is 5.90. The Morgan fingerprint density at radius 3 is 2.71 bits per heavy atom. The maximum absolute atomic E-state index is 12.8. The van der Waals surface area contributed by atoms with Crippen molar-refractivity contribution >= 4 is 12.0 Å². The number of carbonyl (C=O) groups is 2. The highest BCUT2D eigenvalue weighted by molar-refractivity contribution is 5.77. The van der Waals surface area contributed by atoms with Crippen LogP contribution in [0.25, 0.3) is 0 Å². The molecule has 0 radical (unpaired) electrons. The summed E-state index contributed by atoms with van der Waals surface area (Å²) >= 11 is 0. The van der Waals surface area contributed by atoms with E-state index in [1.165, 1.54) is 12.8 Å². The molecule has 2 amide bonds. The van der Waals surface area contributed by atoms with Crippen LogP contribution in [0.15, 0.2) is 0 Å². The van der Waals surface area contributed by atoms with Crippen molar-refractivity contribution in [3.05, 3.63) is 0 Å². The first-order valence-electron chi connectivity index (χ1n) is 9.41. The third-order valence-corrected chi connectivity index (χ3v) is 6.86. The van der Waals surface area contributed by atoms with E-state index in [2.05, 4.69) is 5.32 Å². The molecule has 6 nitrogen and oxygen atoms in total. The maximum Gasteiger partial charge on any atom is 0.317 e. The van der Waals surface area contributed by atoms with Gasteiger partial charge in [-0.1, -0.05) is 19.8 Å². The molecule has 2 heterocycles. The van der Waals surface area contributed by atoms with Crippen molar-refractivity contribution in [3.63, 3.8) is 0 Å². The number of nitrogens with one attached hydrogen (secondary N) is 1. The number of nitrogens with zero attached hydrogens (tertiary/aromatic N) is 1. The highest BCUT2D eigenvalue weighted by Gasteiger charge is 2.65. The fraction of sp³-hybridized carbons (Fsp3) is 0.889. The third-order valence-electron chi connectivity index (χ3n) is 6.86. The molecular weight excluding hydrogens is 308 g/mol. The van der Waals surface area contributed by atoms with E-state index in [1.807, 2.05) is 6.92 Å². The van der Waals surface area contributed by atoms with Crippen molar-refractivity contribution in [2.45, 2.75) is 57.6 Å². The molecule has 2 N–H and O–H groups in total. The number of hydrogen-bond donors (Lipinski definition) is 2. The molecule has 24 heavy (non-hydrogen) atoms. The lowest BCUT2D eigenvalue weighted by Gasteiger charge is -2.57. The Morgan fingerprint density at radius 2 is 2.00 bits per heavy atom. The van der Waals surface area contributed by atoms with Gasteiger partial charge in [0.05, 0.1) is 12.0 Å². The Labute approximate surface area is 142 Å². The van der Waals surface area contributed by atoms with Gasteiger partial charge in [0, 0.05) is 37.1 Å². The lowest BCUT2D eigenvalue weighted by atomic mass is 9.54. The molecule has 2 saturated carbocycles. The molecule has 5 atom stereocenters. The lowest BCUT2D eigenvalue weighted by molar-refractivity contribution is -0.144. The van der Waals surface area contributed by atoms with Gasteiger partial charge < -0.3 is 20.1 Å². The molecule has 2 aliphatic heterocycles. The summed E-state index contributed by atoms with van der Waals surface area (Å²) in [5.74, 6) is -0.553. The van der Waals surface area contributed by atoms with E-state index in [4.69, 9.17) is 4.74 Å². The summed E-state index contributed by atoms with van der Waals surface area (Å²) in [5, 5.41) is 12.6. The first-order valence-corrected chi connectivity index (χ1v) is 9.41. The van der Waals surface area contributed by atoms with E-state index >= 15 is 0 Å². The van der Waals surface area contributed by atoms with Gasteiger partial charge in [0.15, 0.2) is 0 Å². The number of piperidine rings is 1. The van der Waals surface area contributed by atoms with E-state index in [0.29, 0.717) is 31.5 Å². The number of carboxylic acids is 1. The summed E-state index contributed by atoms with van der Waals surface area (Å²) in [6, 6.07) is 0.134. The number of carboxylic acid groups (broad SMARTS) is 1. The van der Waals surface area contributed by atoms with Crippen LogP contribution in [0.2, 0.25) is 0 Å². The first-order chi connectivity index (χ1) is 11.5. The van der Waals surface area contributed by atoms with Gasteiger partial charge in [-0.25, -0.2) is 4.79 Å². The van der Waals surface area contributed by atoms with Crippen LogP contribution < -0.4 is 5.32 Å². The Kier molecular flexibility index (Phi) is 3.98. The van der Waals surface area contributed by atoms with Crippen molar-refractivity contribution in [3.8, 4) is 0 Å². The van der Waals surface area contributed by atoms with Crippen LogP contribution in [-0.2, 0) is 9.53 Å². The van der Waals surface area contributed by atoms with Gasteiger partial charge in [0.1, 0.15) is 0 Å². The zero-order valence-electron chi connectivity index (χ0n) is 14.4. The van der Waals surface area contributed by atoms with Crippen molar-refractivity contribution in [2.24, 2.45) is 23.2 Å². The molecule has 0 bridgehead atoms. The van der Waals surface area contributed by atoms with E-state index in [0.717, 1.165) is 25.9 Å². The molecule has 0 aromatic rings. The summed E-state index contributed by atoms with van der Waals surface area (Å²) < 4.78 is 5.97. The Bertz CT molecular complexity index is 531. The molecule has 134 valence electrons. The van der Waals surface area contributed by atoms with Crippen LogP contribution in [0.3, 0.4) is 0 Å². The van der Waals surface area contributed by atoms with E-state index in [1.54, 1.807) is 4.90 Å². The van der Waals surface area contributed by atoms with Gasteiger partial charge in [-0.3, -0.25) is 4.79 Å². The van der Waals surface area contributed by atoms with Crippen LogP contribution in [0.5, 0.6) is 0 Å². The summed E-state index contributed by atoms with van der Waals surface area (Å²) in [4.78, 5) is 25.9. The van der Waals surface area contributed by atoms with Crippen molar-refractivity contribution in [2.75, 3.05) is 19.7 Å². The monoisotopic (exact) mass is 336 g/mol. The van der Waals surface area contributed by atoms with Gasteiger partial charge in [0.2, 0.25) is 0 Å². The highest BCUT2D eigenvalue weighted by atomic mass is 16.5. The summed E-state index contributed by atoms with van der Waals surface area (Å²) in [6.45, 7) is 3.82. The molecule has 0 aromatic carbocycles. The largest absolute Gasteiger partial charge is 0.481 e. The number of carbonyl (C=O) groups excluding carboxylic acids is 1. The normalized spacial score (nSPS) is 40.2. The Morgan fingerprint density at radius 1 is 1.25 bits per heavy atom. The lowest BCUT2D eigenvalue weighted by Crippen LogP contribution is -2.69. The van der Waals surface area contributed by atoms with Crippen LogP contribution in [0, 0.1) is 23.2 Å². The zero-order chi connectivity index (χ0) is 16.9. The summed E-state index contributed by atoms with van der Waals surface area (Å²) in [7, 11) is 0. The second-order valence-electron chi connectivity index (χ2n) is 8.39. The molecule has 2 saturated heterocycles. The summed E-state index contributed by atoms with van der Waals surface area (Å²) in [5.41, 5.74) is 0.143. The molecule has 4 rings (SSSR count). The van der Waals surface area contributed by atoms with Crippen molar-refractivity contribution < 1.29 is 19.4 Å². The Balaban J connectivity index is 1.44. The quantitative estimate of drug-likeness (QED) is 0.809. The maximum atomic E-state index is 12.8. The molecule has 4 aliphatic rings. The zero-order valence-corrected chi connectivity index (χ0v) is 14.4. The minimum atomic E-state index is -0.792. The van der Waals surface area contributed by atoms with E-state index < -0.39 is 11.9 Å². The number of hydrogen-bond acceptors (Lipinski definition) is 3. The number of aliphatic carboxylic acids is 1. The van der Waals surface area contributed by atoms with Gasteiger partial charge in [-0.05, 0) is 31.6 Å². The fourth-order valence-corrected chi connectivity index (χ4v) is 5.82. The number of ether oxygens (including phenoxy) is 1. The number of rotatable bonds is 2. The second-order valence-corrected chi connectivity index (χ2v) is 8.39. The fourth-order valence-electron chi connectivity index (χ4n) is 5.82. The van der Waals surface area contributed by atoms with Gasteiger partial charge >= 0.3 is 12.0 Å². The molecule has 0 aromatic heterocycles. The van der Waals surface area contributed by atoms with Crippen molar-refractivity contribution in [1.29, 1.82) is 0 Å². The minimum Gasteiger partial charge on any atom is -0.481 e. The molecule has 4 fully saturated rings. The number of amides is 2. The standard InChI is InChI=1S/C18H28N2O4/c1-11-8-12(16(21)22)10-20(9-11)17(23)19-14-13-4-7-24-15(13)18(14)5-2-3-6-18/h11-15H,2-10H2,1H3,(H,19,23)(H,21,22). The van der Waals surface area contributed by atoms with Gasteiger partial charge in [-0.15, -0.1) is 0 Å². The van der Waals surface area contributed by atoms with E-state index in [-0.39, 0.29) is 23.4 Å². The minimum absolute atomic E-state index is 0.0746. The first kappa shape index (κ1) is 16.2. The number of urea groups is 1. The van der Waals surface area contributed by atoms with E-state index in [9.17, 15) is 14.7 Å². The highest BCUT2D eigenvalue weighted by Crippen LogP contribution is 2.60. The predicted molar refractivity (Wildman–Crippen MR) is 87.5 cm³/mol. The average molecular weight is 336 g/mol. The molecule has 1 spiro atoms. The number of likely N-dealkylation sites (tertiary alicyclic amines) is 1. The predicted octanol–water partition coefficient (Wildman–Crippen LogP) is 2.09. The van der Waals surface area contributed by atoms with Crippen LogP contribution >= 0.6 is 0 Å². The smallest absolute Gasteiger partial charge is 0.317 e. The number of fused-ring (bicyclic) bond motifs is 2. The van der Waals surface area contributed by atoms with Crippen molar-refractivity contribution in [1.82, 2.24) is 10.2 Å².